The first kappa shape index (κ1) is 16.8. The minimum Gasteiger partial charge on any atom is -0.357 e. The molecule has 0 aromatic rings. The molecule has 0 aliphatic heterocycles. The summed E-state index contributed by atoms with van der Waals surface area (Å²) in [7, 11) is 4.35. The van der Waals surface area contributed by atoms with Gasteiger partial charge in [-0.15, -0.1) is 6.42 Å². The van der Waals surface area contributed by atoms with Crippen LogP contribution < -0.4 is 10.6 Å². The van der Waals surface area contributed by atoms with Gasteiger partial charge in [-0.2, -0.15) is 0 Å². The van der Waals surface area contributed by atoms with E-state index in [9.17, 15) is 0 Å². The quantitative estimate of drug-likeness (QED) is 0.457. The largest absolute Gasteiger partial charge is 0.357 e. The van der Waals surface area contributed by atoms with E-state index in [1.807, 2.05) is 0 Å². The van der Waals surface area contributed by atoms with E-state index in [2.05, 4.69) is 49.4 Å². The number of aliphatic imine (C=N–C) groups is 1. The highest BCUT2D eigenvalue weighted by molar-refractivity contribution is 5.80. The van der Waals surface area contributed by atoms with Crippen molar-refractivity contribution in [3.05, 3.63) is 0 Å². The van der Waals surface area contributed by atoms with Gasteiger partial charge < -0.3 is 15.5 Å². The molecule has 114 valence electrons. The first-order chi connectivity index (χ1) is 9.54. The molecule has 0 heterocycles. The monoisotopic (exact) mass is 278 g/mol. The van der Waals surface area contributed by atoms with E-state index in [4.69, 9.17) is 11.4 Å². The molecule has 1 aliphatic carbocycles. The Balaban J connectivity index is 2.75. The first-order valence-corrected chi connectivity index (χ1v) is 7.67. The highest BCUT2D eigenvalue weighted by Gasteiger charge is 2.36. The first-order valence-electron chi connectivity index (χ1n) is 7.67. The minimum absolute atomic E-state index is 0.191. The number of hydrogen-bond acceptors (Lipinski definition) is 2. The van der Waals surface area contributed by atoms with Crippen LogP contribution in [-0.2, 0) is 0 Å². The lowest BCUT2D eigenvalue weighted by Gasteiger charge is -2.44. The summed E-state index contributed by atoms with van der Waals surface area (Å²) in [6.07, 6.45) is 10.4. The van der Waals surface area contributed by atoms with Gasteiger partial charge in [0.2, 0.25) is 0 Å². The van der Waals surface area contributed by atoms with E-state index >= 15 is 0 Å². The number of hydrogen-bond donors (Lipinski definition) is 2. The van der Waals surface area contributed by atoms with E-state index in [1.54, 1.807) is 0 Å². The lowest BCUT2D eigenvalue weighted by Crippen LogP contribution is -2.51. The van der Waals surface area contributed by atoms with Crippen LogP contribution in [0.25, 0.3) is 0 Å². The van der Waals surface area contributed by atoms with Gasteiger partial charge in [0.05, 0.1) is 13.1 Å². The molecule has 20 heavy (non-hydrogen) atoms. The fourth-order valence-electron chi connectivity index (χ4n) is 3.03. The van der Waals surface area contributed by atoms with E-state index in [1.165, 1.54) is 25.7 Å². The molecule has 0 bridgehead atoms. The third-order valence-corrected chi connectivity index (χ3v) is 4.25. The molecular formula is C16H30N4. The number of terminal acetylenes is 1. The molecule has 1 aliphatic rings. The summed E-state index contributed by atoms with van der Waals surface area (Å²) < 4.78 is 0. The van der Waals surface area contributed by atoms with Crippen molar-refractivity contribution < 1.29 is 0 Å². The summed E-state index contributed by atoms with van der Waals surface area (Å²) in [6, 6.07) is 0. The summed E-state index contributed by atoms with van der Waals surface area (Å²) in [6.45, 7) is 6.60. The van der Waals surface area contributed by atoms with Gasteiger partial charge in [-0.3, -0.25) is 4.99 Å². The molecule has 2 atom stereocenters. The molecule has 1 rings (SSSR count). The van der Waals surface area contributed by atoms with Crippen molar-refractivity contribution >= 4 is 5.96 Å². The fraction of sp³-hybridized carbons (Fsp3) is 0.812. The van der Waals surface area contributed by atoms with Crippen LogP contribution in [0.2, 0.25) is 0 Å². The van der Waals surface area contributed by atoms with Crippen LogP contribution in [0.4, 0.5) is 0 Å². The van der Waals surface area contributed by atoms with Crippen LogP contribution in [0.1, 0.15) is 39.5 Å². The molecule has 0 radical (unpaired) electrons. The molecule has 0 aromatic carbocycles. The Morgan fingerprint density at radius 3 is 2.75 bits per heavy atom. The zero-order valence-electron chi connectivity index (χ0n) is 13.5. The Bertz CT molecular complexity index is 356. The molecule has 1 fully saturated rings. The van der Waals surface area contributed by atoms with Crippen molar-refractivity contribution in [1.82, 2.24) is 15.5 Å². The van der Waals surface area contributed by atoms with E-state index < -0.39 is 0 Å². The van der Waals surface area contributed by atoms with Gasteiger partial charge in [-0.05, 0) is 39.8 Å². The summed E-state index contributed by atoms with van der Waals surface area (Å²) >= 11 is 0. The number of nitrogens with zero attached hydrogens (tertiary/aromatic N) is 2. The predicted molar refractivity (Wildman–Crippen MR) is 86.9 cm³/mol. The summed E-state index contributed by atoms with van der Waals surface area (Å²) in [5.74, 6) is 4.20. The van der Waals surface area contributed by atoms with Crippen LogP contribution in [0.15, 0.2) is 4.99 Å². The summed E-state index contributed by atoms with van der Waals surface area (Å²) in [5, 5.41) is 6.41. The minimum atomic E-state index is 0.191. The van der Waals surface area contributed by atoms with Crippen LogP contribution in [0.3, 0.4) is 0 Å². The molecule has 4 heteroatoms. The molecular weight excluding hydrogens is 248 g/mol. The molecule has 1 saturated carbocycles. The van der Waals surface area contributed by atoms with Gasteiger partial charge in [-0.25, -0.2) is 0 Å². The summed E-state index contributed by atoms with van der Waals surface area (Å²) in [5.41, 5.74) is 0.191. The second kappa shape index (κ2) is 8.16. The third-order valence-electron chi connectivity index (χ3n) is 4.25. The maximum absolute atomic E-state index is 5.30. The smallest absolute Gasteiger partial charge is 0.192 e. The van der Waals surface area contributed by atoms with Crippen molar-refractivity contribution in [3.63, 3.8) is 0 Å². The van der Waals surface area contributed by atoms with Gasteiger partial charge in [0, 0.05) is 12.1 Å². The van der Waals surface area contributed by atoms with Crippen molar-refractivity contribution in [1.29, 1.82) is 0 Å². The molecule has 0 aromatic heterocycles. The second-order valence-electron chi connectivity index (χ2n) is 6.07. The molecule has 0 saturated heterocycles. The van der Waals surface area contributed by atoms with Gasteiger partial charge >= 0.3 is 0 Å². The average molecular weight is 278 g/mol. The Labute approximate surface area is 124 Å². The molecule has 0 amide bonds. The standard InChI is InChI=1S/C16H30N4/c1-6-11-18-15(17-7-2)19-13-16(20(4)5)10-8-9-14(3)12-16/h1,14H,7-13H2,2-5H3,(H2,17,18,19). The van der Waals surface area contributed by atoms with Crippen molar-refractivity contribution in [3.8, 4) is 12.3 Å². The number of guanidine groups is 1. The second-order valence-corrected chi connectivity index (χ2v) is 6.07. The Morgan fingerprint density at radius 2 is 2.20 bits per heavy atom. The number of likely N-dealkylation sites (N-methyl/N-ethyl adjacent to an activating group) is 1. The third kappa shape index (κ3) is 4.72. The van der Waals surface area contributed by atoms with Crippen molar-refractivity contribution in [2.75, 3.05) is 33.7 Å². The highest BCUT2D eigenvalue weighted by atomic mass is 15.2. The maximum atomic E-state index is 5.30. The van der Waals surface area contributed by atoms with Crippen LogP contribution in [-0.4, -0.2) is 50.1 Å². The van der Waals surface area contributed by atoms with E-state index in [0.717, 1.165) is 25.0 Å². The van der Waals surface area contributed by atoms with Gasteiger partial charge in [-0.1, -0.05) is 25.7 Å². The Morgan fingerprint density at radius 1 is 1.45 bits per heavy atom. The van der Waals surface area contributed by atoms with Crippen molar-refractivity contribution in [2.24, 2.45) is 10.9 Å². The fourth-order valence-corrected chi connectivity index (χ4v) is 3.03. The molecule has 0 spiro atoms. The van der Waals surface area contributed by atoms with Gasteiger partial charge in [0.1, 0.15) is 0 Å². The number of rotatable bonds is 5. The highest BCUT2D eigenvalue weighted by Crippen LogP contribution is 2.35. The SMILES string of the molecule is C#CCNC(=NCC1(N(C)C)CCCC(C)C1)NCC. The van der Waals surface area contributed by atoms with Gasteiger partial charge in [0.25, 0.3) is 0 Å². The Hall–Kier alpha value is -1.21. The zero-order chi connectivity index (χ0) is 15.0. The van der Waals surface area contributed by atoms with E-state index in [-0.39, 0.29) is 5.54 Å². The lowest BCUT2D eigenvalue weighted by molar-refractivity contribution is 0.0845. The Kier molecular flexibility index (Phi) is 6.87. The maximum Gasteiger partial charge on any atom is 0.192 e. The average Bonchev–Trinajstić information content (AvgIpc) is 2.42. The van der Waals surface area contributed by atoms with Crippen LogP contribution >= 0.6 is 0 Å². The topological polar surface area (TPSA) is 39.7 Å². The van der Waals surface area contributed by atoms with Crippen LogP contribution in [0, 0.1) is 18.3 Å². The lowest BCUT2D eigenvalue weighted by atomic mass is 9.75. The predicted octanol–water partition coefficient (Wildman–Crippen LogP) is 1.69. The molecule has 2 N–H and O–H groups in total. The zero-order valence-corrected chi connectivity index (χ0v) is 13.5. The molecule has 2 unspecified atom stereocenters. The van der Waals surface area contributed by atoms with Crippen molar-refractivity contribution in [2.45, 2.75) is 45.1 Å². The summed E-state index contributed by atoms with van der Waals surface area (Å²) in [4.78, 5) is 7.12. The van der Waals surface area contributed by atoms with Crippen LogP contribution in [0.5, 0.6) is 0 Å². The van der Waals surface area contributed by atoms with E-state index in [0.29, 0.717) is 6.54 Å². The van der Waals surface area contributed by atoms with Gasteiger partial charge in [0.15, 0.2) is 5.96 Å². The normalized spacial score (nSPS) is 27.2. The molecule has 4 nitrogen and oxygen atoms in total. The number of nitrogens with one attached hydrogen (secondary N) is 2.